The van der Waals surface area contributed by atoms with Gasteiger partial charge >= 0.3 is 0 Å². The van der Waals surface area contributed by atoms with Gasteiger partial charge in [0.05, 0.1) is 18.7 Å². The summed E-state index contributed by atoms with van der Waals surface area (Å²) in [6.45, 7) is 4.85. The van der Waals surface area contributed by atoms with Crippen molar-refractivity contribution in [1.29, 1.82) is 0 Å². The Kier molecular flexibility index (Phi) is 5.77. The van der Waals surface area contributed by atoms with Gasteiger partial charge in [-0.05, 0) is 26.0 Å². The van der Waals surface area contributed by atoms with Crippen LogP contribution in [0.5, 0.6) is 0 Å². The number of sulfonamides is 1. The first-order chi connectivity index (χ1) is 9.30. The fraction of sp³-hybridized carbons (Fsp3) is 0.538. The maximum Gasteiger partial charge on any atom is 0.275 e. The monoisotopic (exact) mass is 300 g/mol. The molecule has 1 heterocycles. The predicted molar refractivity (Wildman–Crippen MR) is 75.5 cm³/mol. The Bertz CT molecular complexity index is 569. The van der Waals surface area contributed by atoms with Crippen molar-refractivity contribution in [1.82, 2.24) is 10.0 Å². The smallest absolute Gasteiger partial charge is 0.275 e. The molecule has 0 fully saturated rings. The summed E-state index contributed by atoms with van der Waals surface area (Å²) in [6.07, 6.45) is 5.26. The van der Waals surface area contributed by atoms with Crippen LogP contribution in [0.25, 0.3) is 0 Å². The first-order valence-corrected chi connectivity index (χ1v) is 7.59. The average Bonchev–Trinajstić information content (AvgIpc) is 2.83. The number of hydrogen-bond acceptors (Lipinski definition) is 5. The van der Waals surface area contributed by atoms with Crippen molar-refractivity contribution < 1.29 is 17.6 Å². The van der Waals surface area contributed by atoms with Gasteiger partial charge in [-0.25, -0.2) is 8.42 Å². The zero-order chi connectivity index (χ0) is 15.2. The minimum absolute atomic E-state index is 0.149. The summed E-state index contributed by atoms with van der Waals surface area (Å²) >= 11 is 0. The van der Waals surface area contributed by atoms with E-state index < -0.39 is 15.6 Å². The molecule has 0 aliphatic carbocycles. The van der Waals surface area contributed by atoms with Gasteiger partial charge in [-0.1, -0.05) is 5.92 Å². The van der Waals surface area contributed by atoms with E-state index in [1.54, 1.807) is 27.0 Å². The minimum atomic E-state index is -3.76. The highest BCUT2D eigenvalue weighted by Crippen LogP contribution is 2.16. The topological polar surface area (TPSA) is 80.6 Å². The number of methoxy groups -OCH3 is 1. The molecular weight excluding hydrogens is 280 g/mol. The lowest BCUT2D eigenvalue weighted by Gasteiger charge is -2.18. The average molecular weight is 300 g/mol. The zero-order valence-corrected chi connectivity index (χ0v) is 12.7. The third-order valence-corrected chi connectivity index (χ3v) is 3.96. The Morgan fingerprint density at radius 2 is 2.15 bits per heavy atom. The molecule has 1 aromatic rings. The Morgan fingerprint density at radius 3 is 2.75 bits per heavy atom. The molecule has 0 amide bonds. The van der Waals surface area contributed by atoms with Crippen molar-refractivity contribution in [3.8, 4) is 12.3 Å². The molecule has 6 nitrogen and oxygen atoms in total. The van der Waals surface area contributed by atoms with Gasteiger partial charge in [0.15, 0.2) is 0 Å². The lowest BCUT2D eigenvalue weighted by Crippen LogP contribution is -2.41. The molecule has 0 radical (unpaired) electrons. The van der Waals surface area contributed by atoms with Crippen LogP contribution in [0.1, 0.15) is 19.6 Å². The van der Waals surface area contributed by atoms with Crippen LogP contribution in [0.15, 0.2) is 21.6 Å². The predicted octanol–water partition coefficient (Wildman–Crippen LogP) is 0.706. The lowest BCUT2D eigenvalue weighted by molar-refractivity contribution is 0.198. The largest absolute Gasteiger partial charge is 0.447 e. The van der Waals surface area contributed by atoms with Crippen LogP contribution in [0, 0.1) is 12.3 Å². The molecule has 1 aromatic heterocycles. The highest BCUT2D eigenvalue weighted by molar-refractivity contribution is 7.89. The van der Waals surface area contributed by atoms with Crippen molar-refractivity contribution in [2.45, 2.75) is 31.0 Å². The summed E-state index contributed by atoms with van der Waals surface area (Å²) in [7, 11) is -2.15. The molecule has 7 heteroatoms. The standard InChI is InChI=1S/C13H20N2O4S/c1-5-13(2,3)15-20(16,17)12-7-6-11(19-12)10-14-8-9-18-4/h1,6-7,14-15H,8-10H2,2-4H3. The number of furan rings is 1. The molecule has 0 atom stereocenters. The summed E-state index contributed by atoms with van der Waals surface area (Å²) in [5.74, 6) is 2.89. The van der Waals surface area contributed by atoms with Crippen LogP contribution in [-0.2, 0) is 21.3 Å². The number of terminal acetylenes is 1. The normalized spacial score (nSPS) is 12.3. The van der Waals surface area contributed by atoms with Gasteiger partial charge in [-0.15, -0.1) is 6.42 Å². The highest BCUT2D eigenvalue weighted by Gasteiger charge is 2.26. The summed E-state index contributed by atoms with van der Waals surface area (Å²) in [5, 5.41) is 2.91. The fourth-order valence-corrected chi connectivity index (χ4v) is 2.69. The molecule has 0 unspecified atom stereocenters. The Morgan fingerprint density at radius 1 is 1.45 bits per heavy atom. The summed E-state index contributed by atoms with van der Waals surface area (Å²) < 4.78 is 36.7. The molecule has 0 spiro atoms. The van der Waals surface area contributed by atoms with Crippen molar-refractivity contribution in [2.24, 2.45) is 0 Å². The summed E-state index contributed by atoms with van der Waals surface area (Å²) in [5.41, 5.74) is -0.970. The van der Waals surface area contributed by atoms with Crippen molar-refractivity contribution in [2.75, 3.05) is 20.3 Å². The number of ether oxygens (including phenoxy) is 1. The number of rotatable bonds is 8. The molecule has 0 aromatic carbocycles. The van der Waals surface area contributed by atoms with E-state index in [1.165, 1.54) is 6.07 Å². The first kappa shape index (κ1) is 16.7. The fourth-order valence-electron chi connectivity index (χ4n) is 1.40. The molecule has 20 heavy (non-hydrogen) atoms. The molecule has 112 valence electrons. The SMILES string of the molecule is C#CC(C)(C)NS(=O)(=O)c1ccc(CNCCOC)o1. The second-order valence-corrected chi connectivity index (χ2v) is 6.38. The summed E-state index contributed by atoms with van der Waals surface area (Å²) in [6, 6.07) is 3.01. The van der Waals surface area contributed by atoms with E-state index >= 15 is 0 Å². The molecule has 0 aliphatic rings. The number of nitrogens with one attached hydrogen (secondary N) is 2. The van der Waals surface area contributed by atoms with Crippen molar-refractivity contribution in [3.05, 3.63) is 17.9 Å². The minimum Gasteiger partial charge on any atom is -0.447 e. The molecule has 0 saturated heterocycles. The van der Waals surface area contributed by atoms with Crippen LogP contribution in [0.2, 0.25) is 0 Å². The third kappa shape index (κ3) is 4.98. The van der Waals surface area contributed by atoms with Gasteiger partial charge in [-0.3, -0.25) is 0 Å². The lowest BCUT2D eigenvalue weighted by atomic mass is 10.1. The maximum absolute atomic E-state index is 12.1. The highest BCUT2D eigenvalue weighted by atomic mass is 32.2. The summed E-state index contributed by atoms with van der Waals surface area (Å²) in [4.78, 5) is 0. The Balaban J connectivity index is 2.69. The Labute approximate surface area is 119 Å². The maximum atomic E-state index is 12.1. The molecular formula is C13H20N2O4S. The van der Waals surface area contributed by atoms with Crippen LogP contribution >= 0.6 is 0 Å². The van der Waals surface area contributed by atoms with E-state index in [0.717, 1.165) is 0 Å². The van der Waals surface area contributed by atoms with Gasteiger partial charge in [0.25, 0.3) is 10.0 Å². The Hall–Kier alpha value is -1.33. The van der Waals surface area contributed by atoms with E-state index in [9.17, 15) is 8.42 Å². The van der Waals surface area contributed by atoms with E-state index in [2.05, 4.69) is 16.0 Å². The van der Waals surface area contributed by atoms with Crippen molar-refractivity contribution >= 4 is 10.0 Å². The van der Waals surface area contributed by atoms with Gasteiger partial charge in [0.2, 0.25) is 5.09 Å². The van der Waals surface area contributed by atoms with E-state index in [1.807, 2.05) is 0 Å². The van der Waals surface area contributed by atoms with Gasteiger partial charge in [0.1, 0.15) is 5.76 Å². The van der Waals surface area contributed by atoms with Gasteiger partial charge in [0, 0.05) is 13.7 Å². The van der Waals surface area contributed by atoms with Crippen LogP contribution in [0.4, 0.5) is 0 Å². The molecule has 2 N–H and O–H groups in total. The quantitative estimate of drug-likeness (QED) is 0.546. The third-order valence-electron chi connectivity index (χ3n) is 2.43. The van der Waals surface area contributed by atoms with E-state index in [0.29, 0.717) is 25.5 Å². The van der Waals surface area contributed by atoms with E-state index in [-0.39, 0.29) is 5.09 Å². The molecule has 0 bridgehead atoms. The second kappa shape index (κ2) is 6.90. The molecule has 1 rings (SSSR count). The molecule has 0 aliphatic heterocycles. The van der Waals surface area contributed by atoms with Crippen LogP contribution in [-0.4, -0.2) is 34.2 Å². The van der Waals surface area contributed by atoms with Crippen molar-refractivity contribution in [3.63, 3.8) is 0 Å². The van der Waals surface area contributed by atoms with E-state index in [4.69, 9.17) is 15.6 Å². The van der Waals surface area contributed by atoms with Crippen LogP contribution < -0.4 is 10.0 Å². The van der Waals surface area contributed by atoms with Gasteiger partial charge in [-0.2, -0.15) is 4.72 Å². The first-order valence-electron chi connectivity index (χ1n) is 6.11. The molecule has 0 saturated carbocycles. The van der Waals surface area contributed by atoms with Gasteiger partial charge < -0.3 is 14.5 Å². The number of hydrogen-bond donors (Lipinski definition) is 2. The zero-order valence-electron chi connectivity index (χ0n) is 11.9. The van der Waals surface area contributed by atoms with Crippen LogP contribution in [0.3, 0.4) is 0 Å². The second-order valence-electron chi connectivity index (χ2n) is 4.77.